The standard InChI is InChI=1S/C14H17N3O5/c18-5-9-11(19)12(20)14(22-9,7-1-2-7)10-4-3-8-13(21)15-6-16-17(8)10/h3-4,6-7,9,11-12,18-20H,1-2,5H2,(H,15,16,21)/t9-,11-,12-,14+/m1/s1. The summed E-state index contributed by atoms with van der Waals surface area (Å²) < 4.78 is 7.35. The molecule has 118 valence electrons. The molecule has 4 rings (SSSR count). The van der Waals surface area contributed by atoms with Crippen molar-refractivity contribution in [2.24, 2.45) is 5.92 Å². The number of aromatic amines is 1. The quantitative estimate of drug-likeness (QED) is 0.562. The van der Waals surface area contributed by atoms with Gasteiger partial charge in [0.1, 0.15) is 35.8 Å². The van der Waals surface area contributed by atoms with Gasteiger partial charge in [0.25, 0.3) is 5.56 Å². The minimum absolute atomic E-state index is 0.0212. The fourth-order valence-electron chi connectivity index (χ4n) is 3.50. The normalized spacial score (nSPS) is 35.3. The Morgan fingerprint density at radius 2 is 2.18 bits per heavy atom. The summed E-state index contributed by atoms with van der Waals surface area (Å²) in [4.78, 5) is 14.3. The third-order valence-corrected chi connectivity index (χ3v) is 4.71. The van der Waals surface area contributed by atoms with Crippen LogP contribution in [-0.4, -0.2) is 54.8 Å². The molecule has 0 unspecified atom stereocenters. The van der Waals surface area contributed by atoms with Gasteiger partial charge in [-0.3, -0.25) is 4.79 Å². The van der Waals surface area contributed by atoms with E-state index in [1.54, 1.807) is 12.1 Å². The SMILES string of the molecule is O=c1[nH]cnn2c([C@]3(C4CC4)O[C@H](CO)[C@@H](O)[C@H]3O)ccc12. The van der Waals surface area contributed by atoms with Gasteiger partial charge in [-0.25, -0.2) is 4.52 Å². The van der Waals surface area contributed by atoms with E-state index in [4.69, 9.17) is 4.74 Å². The molecule has 1 saturated heterocycles. The van der Waals surface area contributed by atoms with Crippen LogP contribution in [0.2, 0.25) is 0 Å². The summed E-state index contributed by atoms with van der Waals surface area (Å²) in [5.41, 5.74) is -0.576. The fraction of sp³-hybridized carbons (Fsp3) is 0.571. The predicted octanol–water partition coefficient (Wildman–Crippen LogP) is -1.26. The highest BCUT2D eigenvalue weighted by atomic mass is 16.6. The monoisotopic (exact) mass is 307 g/mol. The summed E-state index contributed by atoms with van der Waals surface area (Å²) in [6, 6.07) is 3.30. The van der Waals surface area contributed by atoms with Crippen LogP contribution in [0.4, 0.5) is 0 Å². The average molecular weight is 307 g/mol. The summed E-state index contributed by atoms with van der Waals surface area (Å²) in [5, 5.41) is 34.3. The number of ether oxygens (including phenoxy) is 1. The van der Waals surface area contributed by atoms with Crippen LogP contribution in [0.1, 0.15) is 18.5 Å². The van der Waals surface area contributed by atoms with Gasteiger partial charge in [-0.15, -0.1) is 0 Å². The molecule has 8 nitrogen and oxygen atoms in total. The topological polar surface area (TPSA) is 120 Å². The van der Waals surface area contributed by atoms with Gasteiger partial charge < -0.3 is 25.0 Å². The summed E-state index contributed by atoms with van der Waals surface area (Å²) >= 11 is 0. The second kappa shape index (κ2) is 4.63. The maximum Gasteiger partial charge on any atom is 0.275 e. The second-order valence-corrected chi connectivity index (χ2v) is 5.98. The number of hydrogen-bond acceptors (Lipinski definition) is 6. The molecule has 2 aromatic heterocycles. The van der Waals surface area contributed by atoms with E-state index in [1.807, 2.05) is 0 Å². The van der Waals surface area contributed by atoms with Gasteiger partial charge in [-0.2, -0.15) is 5.10 Å². The largest absolute Gasteiger partial charge is 0.394 e. The van der Waals surface area contributed by atoms with Crippen molar-refractivity contribution >= 4 is 5.52 Å². The predicted molar refractivity (Wildman–Crippen MR) is 74.2 cm³/mol. The first-order valence-corrected chi connectivity index (χ1v) is 7.30. The Morgan fingerprint density at radius 1 is 1.41 bits per heavy atom. The smallest absolute Gasteiger partial charge is 0.275 e. The molecule has 3 heterocycles. The average Bonchev–Trinajstić information content (AvgIpc) is 3.22. The molecule has 2 aromatic rings. The van der Waals surface area contributed by atoms with Crippen molar-refractivity contribution < 1.29 is 20.1 Å². The molecule has 0 spiro atoms. The Balaban J connectivity index is 1.93. The molecule has 0 radical (unpaired) electrons. The van der Waals surface area contributed by atoms with Crippen molar-refractivity contribution in [1.82, 2.24) is 14.6 Å². The number of fused-ring (bicyclic) bond motifs is 1. The summed E-state index contributed by atoms with van der Waals surface area (Å²) in [5.74, 6) is 0.0212. The third kappa shape index (κ3) is 1.66. The zero-order valence-electron chi connectivity index (χ0n) is 11.7. The summed E-state index contributed by atoms with van der Waals surface area (Å²) in [6.45, 7) is -0.385. The third-order valence-electron chi connectivity index (χ3n) is 4.71. The van der Waals surface area contributed by atoms with E-state index in [1.165, 1.54) is 10.8 Å². The molecule has 2 aliphatic rings. The minimum atomic E-state index is -1.18. The van der Waals surface area contributed by atoms with Gasteiger partial charge in [0.05, 0.1) is 12.3 Å². The highest BCUT2D eigenvalue weighted by Gasteiger charge is 2.62. The number of aliphatic hydroxyl groups excluding tert-OH is 3. The van der Waals surface area contributed by atoms with Crippen LogP contribution >= 0.6 is 0 Å². The lowest BCUT2D eigenvalue weighted by Gasteiger charge is -2.32. The van der Waals surface area contributed by atoms with E-state index in [0.717, 1.165) is 12.8 Å². The molecule has 2 fully saturated rings. The van der Waals surface area contributed by atoms with Gasteiger partial charge >= 0.3 is 0 Å². The lowest BCUT2D eigenvalue weighted by molar-refractivity contribution is -0.116. The van der Waals surface area contributed by atoms with Crippen molar-refractivity contribution in [1.29, 1.82) is 0 Å². The van der Waals surface area contributed by atoms with Crippen LogP contribution < -0.4 is 5.56 Å². The van der Waals surface area contributed by atoms with Crippen LogP contribution in [0.15, 0.2) is 23.3 Å². The second-order valence-electron chi connectivity index (χ2n) is 5.98. The van der Waals surface area contributed by atoms with Crippen LogP contribution in [-0.2, 0) is 10.3 Å². The van der Waals surface area contributed by atoms with Gasteiger partial charge in [0.2, 0.25) is 0 Å². The van der Waals surface area contributed by atoms with Crippen molar-refractivity contribution in [3.63, 3.8) is 0 Å². The minimum Gasteiger partial charge on any atom is -0.394 e. The van der Waals surface area contributed by atoms with Crippen LogP contribution in [0.25, 0.3) is 5.52 Å². The number of nitrogens with one attached hydrogen (secondary N) is 1. The van der Waals surface area contributed by atoms with E-state index in [-0.39, 0.29) is 18.1 Å². The van der Waals surface area contributed by atoms with Crippen LogP contribution in [0.3, 0.4) is 0 Å². The van der Waals surface area contributed by atoms with Crippen molar-refractivity contribution in [3.05, 3.63) is 34.5 Å². The first kappa shape index (κ1) is 13.9. The molecular weight excluding hydrogens is 290 g/mol. The molecule has 8 heteroatoms. The van der Waals surface area contributed by atoms with E-state index in [0.29, 0.717) is 11.2 Å². The fourth-order valence-corrected chi connectivity index (χ4v) is 3.50. The van der Waals surface area contributed by atoms with E-state index in [9.17, 15) is 20.1 Å². The number of rotatable bonds is 3. The Hall–Kier alpha value is -1.74. The van der Waals surface area contributed by atoms with Crippen molar-refractivity contribution in [2.45, 2.75) is 36.8 Å². The lowest BCUT2D eigenvalue weighted by atomic mass is 9.86. The van der Waals surface area contributed by atoms with E-state index < -0.39 is 23.9 Å². The molecule has 4 atom stereocenters. The molecule has 1 aliphatic heterocycles. The number of hydrogen-bond donors (Lipinski definition) is 4. The Bertz CT molecular complexity index is 767. The highest BCUT2D eigenvalue weighted by Crippen LogP contribution is 2.54. The molecule has 0 bridgehead atoms. The maximum absolute atomic E-state index is 11.9. The Labute approximate surface area is 125 Å². The van der Waals surface area contributed by atoms with Crippen molar-refractivity contribution in [3.8, 4) is 0 Å². The number of aromatic nitrogens is 3. The molecule has 0 aromatic carbocycles. The molecule has 1 aliphatic carbocycles. The highest BCUT2D eigenvalue weighted by molar-refractivity contribution is 5.48. The first-order chi connectivity index (χ1) is 10.6. The zero-order valence-corrected chi connectivity index (χ0v) is 11.7. The molecular formula is C14H17N3O5. The maximum atomic E-state index is 11.9. The van der Waals surface area contributed by atoms with Gasteiger partial charge in [0.15, 0.2) is 0 Å². The molecule has 1 saturated carbocycles. The van der Waals surface area contributed by atoms with Crippen LogP contribution in [0, 0.1) is 5.92 Å². The van der Waals surface area contributed by atoms with Gasteiger partial charge in [-0.1, -0.05) is 0 Å². The van der Waals surface area contributed by atoms with E-state index in [2.05, 4.69) is 10.1 Å². The molecule has 4 N–H and O–H groups in total. The summed E-state index contributed by atoms with van der Waals surface area (Å²) in [6.07, 6.45) is -0.255. The van der Waals surface area contributed by atoms with Crippen LogP contribution in [0.5, 0.6) is 0 Å². The van der Waals surface area contributed by atoms with Crippen molar-refractivity contribution in [2.75, 3.05) is 6.61 Å². The molecule has 0 amide bonds. The zero-order chi connectivity index (χ0) is 15.5. The number of nitrogens with zero attached hydrogens (tertiary/aromatic N) is 2. The van der Waals surface area contributed by atoms with Gasteiger partial charge in [-0.05, 0) is 30.9 Å². The van der Waals surface area contributed by atoms with E-state index >= 15 is 0 Å². The molecule has 22 heavy (non-hydrogen) atoms. The van der Waals surface area contributed by atoms with Gasteiger partial charge in [0, 0.05) is 0 Å². The Morgan fingerprint density at radius 3 is 2.82 bits per heavy atom. The number of H-pyrrole nitrogens is 1. The lowest BCUT2D eigenvalue weighted by Crippen LogP contribution is -2.44. The number of aliphatic hydroxyl groups is 3. The Kier molecular flexibility index (Phi) is 2.92. The first-order valence-electron chi connectivity index (χ1n) is 7.30. The summed E-state index contributed by atoms with van der Waals surface area (Å²) in [7, 11) is 0.